The van der Waals surface area contributed by atoms with Gasteiger partial charge in [-0.25, -0.2) is 0 Å². The molecule has 0 saturated heterocycles. The topological polar surface area (TPSA) is 97.9 Å². The van der Waals surface area contributed by atoms with Crippen LogP contribution in [0.15, 0.2) is 12.4 Å². The van der Waals surface area contributed by atoms with Crippen molar-refractivity contribution in [2.75, 3.05) is 0 Å². The first-order valence-corrected chi connectivity index (χ1v) is 7.92. The molecule has 23 heavy (non-hydrogen) atoms. The van der Waals surface area contributed by atoms with Gasteiger partial charge in [0.15, 0.2) is 5.82 Å². The molecule has 124 valence electrons. The Balaban J connectivity index is 1.51. The molecule has 0 spiro atoms. The molecule has 0 atom stereocenters. The van der Waals surface area contributed by atoms with E-state index in [0.717, 1.165) is 30.8 Å². The number of nitrogens with zero attached hydrogens (tertiary/aromatic N) is 5. The van der Waals surface area contributed by atoms with Crippen molar-refractivity contribution >= 4 is 5.91 Å². The van der Waals surface area contributed by atoms with Gasteiger partial charge in [0.25, 0.3) is 0 Å². The Morgan fingerprint density at radius 1 is 1.43 bits per heavy atom. The Bertz CT molecular complexity index is 686. The van der Waals surface area contributed by atoms with Crippen LogP contribution in [-0.2, 0) is 24.5 Å². The van der Waals surface area contributed by atoms with Crippen LogP contribution in [-0.4, -0.2) is 41.6 Å². The largest absolute Gasteiger partial charge is 0.388 e. The van der Waals surface area contributed by atoms with E-state index in [9.17, 15) is 9.90 Å². The number of aryl methyl sites for hydroxylation is 1. The highest BCUT2D eigenvalue weighted by molar-refractivity contribution is 5.76. The summed E-state index contributed by atoms with van der Waals surface area (Å²) in [5.74, 6) is 1.78. The molecular weight excluding hydrogens is 296 g/mol. The van der Waals surface area contributed by atoms with Crippen LogP contribution in [0.2, 0.25) is 0 Å². The van der Waals surface area contributed by atoms with Crippen molar-refractivity contribution in [1.29, 1.82) is 0 Å². The average Bonchev–Trinajstić information content (AvgIpc) is 3.07. The van der Waals surface area contributed by atoms with E-state index >= 15 is 0 Å². The standard InChI is InChI=1S/C15H22N6O2/c1-3-21-13(9-22)18-19-15(21)11-4-12(5-11)17-14(23)8-20-7-10(2)6-16-20/h6-7,11-12,22H,3-5,8-9H2,1-2H3,(H,17,23). The molecular formula is C15H22N6O2. The van der Waals surface area contributed by atoms with Crippen LogP contribution in [0.3, 0.4) is 0 Å². The van der Waals surface area contributed by atoms with Crippen LogP contribution in [0.4, 0.5) is 0 Å². The number of aromatic nitrogens is 5. The van der Waals surface area contributed by atoms with E-state index in [-0.39, 0.29) is 25.1 Å². The summed E-state index contributed by atoms with van der Waals surface area (Å²) in [6.45, 7) is 4.84. The number of hydrogen-bond acceptors (Lipinski definition) is 5. The average molecular weight is 318 g/mol. The van der Waals surface area contributed by atoms with E-state index in [1.807, 2.05) is 24.6 Å². The monoisotopic (exact) mass is 318 g/mol. The molecule has 1 fully saturated rings. The zero-order chi connectivity index (χ0) is 16.4. The van der Waals surface area contributed by atoms with Gasteiger partial charge < -0.3 is 15.0 Å². The smallest absolute Gasteiger partial charge is 0.241 e. The molecule has 0 unspecified atom stereocenters. The first-order valence-electron chi connectivity index (χ1n) is 7.92. The number of nitrogens with one attached hydrogen (secondary N) is 1. The lowest BCUT2D eigenvalue weighted by Gasteiger charge is -2.35. The molecule has 2 N–H and O–H groups in total. The molecule has 0 aliphatic heterocycles. The van der Waals surface area contributed by atoms with Gasteiger partial charge in [-0.2, -0.15) is 5.10 Å². The molecule has 8 nitrogen and oxygen atoms in total. The third-order valence-electron chi connectivity index (χ3n) is 4.25. The Morgan fingerprint density at radius 2 is 2.22 bits per heavy atom. The van der Waals surface area contributed by atoms with Gasteiger partial charge in [0.05, 0.1) is 6.20 Å². The number of amides is 1. The van der Waals surface area contributed by atoms with Crippen molar-refractivity contribution in [3.63, 3.8) is 0 Å². The van der Waals surface area contributed by atoms with Gasteiger partial charge in [0, 0.05) is 24.7 Å². The number of aliphatic hydroxyl groups excluding tert-OH is 1. The van der Waals surface area contributed by atoms with Crippen molar-refractivity contribution in [3.8, 4) is 0 Å². The van der Waals surface area contributed by atoms with Crippen LogP contribution in [0.25, 0.3) is 0 Å². The van der Waals surface area contributed by atoms with Gasteiger partial charge in [0.1, 0.15) is 19.0 Å². The van der Waals surface area contributed by atoms with Crippen LogP contribution < -0.4 is 5.32 Å². The van der Waals surface area contributed by atoms with Gasteiger partial charge in [0.2, 0.25) is 5.91 Å². The molecule has 2 heterocycles. The fraction of sp³-hybridized carbons (Fsp3) is 0.600. The molecule has 3 rings (SSSR count). The first-order chi connectivity index (χ1) is 11.1. The molecule has 2 aromatic rings. The van der Waals surface area contributed by atoms with Crippen LogP contribution in [0.5, 0.6) is 0 Å². The second kappa shape index (κ2) is 6.49. The zero-order valence-electron chi connectivity index (χ0n) is 13.4. The highest BCUT2D eigenvalue weighted by Crippen LogP contribution is 2.36. The second-order valence-corrected chi connectivity index (χ2v) is 6.02. The van der Waals surface area contributed by atoms with Crippen molar-refractivity contribution in [3.05, 3.63) is 29.6 Å². The Kier molecular flexibility index (Phi) is 4.42. The summed E-state index contributed by atoms with van der Waals surface area (Å²) >= 11 is 0. The van der Waals surface area contributed by atoms with E-state index in [0.29, 0.717) is 11.7 Å². The molecule has 0 radical (unpaired) electrons. The molecule has 1 aliphatic carbocycles. The second-order valence-electron chi connectivity index (χ2n) is 6.02. The fourth-order valence-electron chi connectivity index (χ4n) is 3.03. The lowest BCUT2D eigenvalue weighted by molar-refractivity contribution is -0.123. The number of aliphatic hydroxyl groups is 1. The third kappa shape index (κ3) is 3.26. The van der Waals surface area contributed by atoms with E-state index < -0.39 is 0 Å². The number of rotatable bonds is 6. The molecule has 0 aromatic carbocycles. The predicted molar refractivity (Wildman–Crippen MR) is 82.5 cm³/mol. The summed E-state index contributed by atoms with van der Waals surface area (Å²) in [5, 5.41) is 24.6. The number of carbonyl (C=O) groups excluding carboxylic acids is 1. The lowest BCUT2D eigenvalue weighted by Crippen LogP contribution is -2.45. The summed E-state index contributed by atoms with van der Waals surface area (Å²) in [4.78, 5) is 12.0. The van der Waals surface area contributed by atoms with Gasteiger partial charge in [-0.15, -0.1) is 10.2 Å². The Labute approximate surface area is 134 Å². The SMILES string of the molecule is CCn1c(CO)nnc1C1CC(NC(=O)Cn2cc(C)cn2)C1. The lowest BCUT2D eigenvalue weighted by atomic mass is 9.79. The van der Waals surface area contributed by atoms with Crippen molar-refractivity contribution in [1.82, 2.24) is 29.9 Å². The van der Waals surface area contributed by atoms with Crippen LogP contribution in [0.1, 0.15) is 42.9 Å². The summed E-state index contributed by atoms with van der Waals surface area (Å²) in [6, 6.07) is 0.170. The predicted octanol–water partition coefficient (Wildman–Crippen LogP) is 0.358. The van der Waals surface area contributed by atoms with Gasteiger partial charge in [-0.1, -0.05) is 0 Å². The van der Waals surface area contributed by atoms with Gasteiger partial charge in [-0.3, -0.25) is 9.48 Å². The van der Waals surface area contributed by atoms with Crippen molar-refractivity contribution in [2.45, 2.75) is 58.3 Å². The zero-order valence-corrected chi connectivity index (χ0v) is 13.4. The fourth-order valence-corrected chi connectivity index (χ4v) is 3.03. The summed E-state index contributed by atoms with van der Waals surface area (Å²) in [5.41, 5.74) is 1.04. The quantitative estimate of drug-likeness (QED) is 0.801. The maximum atomic E-state index is 12.0. The molecule has 2 aromatic heterocycles. The Morgan fingerprint density at radius 3 is 2.83 bits per heavy atom. The maximum Gasteiger partial charge on any atom is 0.241 e. The molecule has 1 amide bonds. The highest BCUT2D eigenvalue weighted by atomic mass is 16.3. The third-order valence-corrected chi connectivity index (χ3v) is 4.25. The van der Waals surface area contributed by atoms with Gasteiger partial charge in [-0.05, 0) is 32.3 Å². The van der Waals surface area contributed by atoms with Crippen LogP contribution in [0, 0.1) is 6.92 Å². The van der Waals surface area contributed by atoms with Crippen molar-refractivity contribution in [2.24, 2.45) is 0 Å². The van der Waals surface area contributed by atoms with E-state index in [1.54, 1.807) is 10.9 Å². The number of hydrogen-bond donors (Lipinski definition) is 2. The minimum Gasteiger partial charge on any atom is -0.388 e. The minimum absolute atomic E-state index is 0.0236. The normalized spacial score (nSPS) is 20.3. The minimum atomic E-state index is -0.100. The van der Waals surface area contributed by atoms with E-state index in [1.165, 1.54) is 0 Å². The summed E-state index contributed by atoms with van der Waals surface area (Å²) < 4.78 is 3.59. The first kappa shape index (κ1) is 15.7. The molecule has 0 bridgehead atoms. The molecule has 1 aliphatic rings. The Hall–Kier alpha value is -2.22. The van der Waals surface area contributed by atoms with Crippen LogP contribution >= 0.6 is 0 Å². The molecule has 8 heteroatoms. The van der Waals surface area contributed by atoms with Crippen molar-refractivity contribution < 1.29 is 9.90 Å². The maximum absolute atomic E-state index is 12.0. The van der Waals surface area contributed by atoms with E-state index in [2.05, 4.69) is 20.6 Å². The number of carbonyl (C=O) groups is 1. The molecule has 1 saturated carbocycles. The summed E-state index contributed by atoms with van der Waals surface area (Å²) in [6.07, 6.45) is 5.30. The highest BCUT2D eigenvalue weighted by Gasteiger charge is 2.35. The summed E-state index contributed by atoms with van der Waals surface area (Å²) in [7, 11) is 0. The van der Waals surface area contributed by atoms with E-state index in [4.69, 9.17) is 0 Å². The van der Waals surface area contributed by atoms with Gasteiger partial charge >= 0.3 is 0 Å².